The van der Waals surface area contributed by atoms with Gasteiger partial charge in [0, 0.05) is 52.4 Å². The zero-order valence-electron chi connectivity index (χ0n) is 20.1. The van der Waals surface area contributed by atoms with Crippen molar-refractivity contribution in [3.05, 3.63) is 5.56 Å². The molecule has 35 heavy (non-hydrogen) atoms. The molecule has 0 aliphatic carbocycles. The maximum absolute atomic E-state index is 15.2. The van der Waals surface area contributed by atoms with Crippen LogP contribution in [0.5, 0.6) is 0 Å². The summed E-state index contributed by atoms with van der Waals surface area (Å²) in [6.07, 6.45) is -1.63. The Kier molecular flexibility index (Phi) is 6.82. The van der Waals surface area contributed by atoms with Crippen LogP contribution in [0, 0.1) is 5.92 Å². The standard InChI is InChI=1S/C22H35F2N9O2/c1-30-4-6-31(7-5-30)22(35)13-2-3-32(11-13)18-15(24)9-26-10-16(18)28-21(34)17-19(25)29-33-12-14(23)8-27-20(17)33/h13-16,18,26-27H,2-12H2,1H3,(H2,25,29)(H,28,34). The number of alkyl halides is 2. The van der Waals surface area contributed by atoms with Gasteiger partial charge >= 0.3 is 0 Å². The van der Waals surface area contributed by atoms with Gasteiger partial charge in [0.25, 0.3) is 5.91 Å². The molecule has 5 N–H and O–H groups in total. The van der Waals surface area contributed by atoms with Crippen molar-refractivity contribution < 1.29 is 18.4 Å². The molecule has 11 nitrogen and oxygen atoms in total. The van der Waals surface area contributed by atoms with Crippen LogP contribution in [0.1, 0.15) is 16.8 Å². The molecule has 3 saturated heterocycles. The third kappa shape index (κ3) is 4.81. The van der Waals surface area contributed by atoms with Gasteiger partial charge in [0.2, 0.25) is 5.91 Å². The maximum atomic E-state index is 15.2. The number of aromatic nitrogens is 2. The third-order valence-corrected chi connectivity index (χ3v) is 7.68. The van der Waals surface area contributed by atoms with Crippen LogP contribution in [-0.2, 0) is 11.3 Å². The number of likely N-dealkylation sites (N-methyl/N-ethyl adjacent to an activating group) is 1. The van der Waals surface area contributed by atoms with Gasteiger partial charge in [-0.05, 0) is 20.0 Å². The molecule has 4 aliphatic rings. The van der Waals surface area contributed by atoms with Crippen LogP contribution in [0.2, 0.25) is 0 Å². The second-order valence-corrected chi connectivity index (χ2v) is 10.1. The first-order valence-electron chi connectivity index (χ1n) is 12.4. The van der Waals surface area contributed by atoms with Crippen LogP contribution in [0.15, 0.2) is 0 Å². The highest BCUT2D eigenvalue weighted by molar-refractivity contribution is 6.03. The number of piperidine rings is 1. The van der Waals surface area contributed by atoms with Gasteiger partial charge in [-0.25, -0.2) is 13.5 Å². The number of hydrogen-bond acceptors (Lipinski definition) is 8. The molecule has 1 aromatic rings. The molecule has 2 amide bonds. The van der Waals surface area contributed by atoms with E-state index in [1.165, 1.54) is 4.68 Å². The molecule has 3 fully saturated rings. The van der Waals surface area contributed by atoms with Gasteiger partial charge < -0.3 is 31.5 Å². The molecular formula is C22H35F2N9O2. The van der Waals surface area contributed by atoms with Gasteiger partial charge in [0.15, 0.2) is 5.82 Å². The van der Waals surface area contributed by atoms with Crippen molar-refractivity contribution >= 4 is 23.5 Å². The number of nitrogens with two attached hydrogens (primary N) is 1. The zero-order chi connectivity index (χ0) is 24.7. The second kappa shape index (κ2) is 9.86. The Hall–Kier alpha value is -2.51. The molecule has 0 spiro atoms. The summed E-state index contributed by atoms with van der Waals surface area (Å²) in [5.74, 6) is -0.0981. The molecule has 0 saturated carbocycles. The summed E-state index contributed by atoms with van der Waals surface area (Å²) in [7, 11) is 2.05. The summed E-state index contributed by atoms with van der Waals surface area (Å²) in [5, 5.41) is 13.0. The highest BCUT2D eigenvalue weighted by atomic mass is 19.1. The number of nitrogens with one attached hydrogen (secondary N) is 3. The van der Waals surface area contributed by atoms with Gasteiger partial charge in [-0.2, -0.15) is 5.10 Å². The number of piperazine rings is 1. The van der Waals surface area contributed by atoms with Crippen LogP contribution >= 0.6 is 0 Å². The van der Waals surface area contributed by atoms with Crippen molar-refractivity contribution in [1.82, 2.24) is 35.1 Å². The van der Waals surface area contributed by atoms with E-state index < -0.39 is 30.3 Å². The molecule has 5 heterocycles. The Labute approximate surface area is 203 Å². The van der Waals surface area contributed by atoms with E-state index in [0.717, 1.165) is 26.2 Å². The lowest BCUT2D eigenvalue weighted by Crippen LogP contribution is -2.64. The fraction of sp³-hybridized carbons (Fsp3) is 0.773. The van der Waals surface area contributed by atoms with E-state index in [0.29, 0.717) is 31.9 Å². The zero-order valence-corrected chi connectivity index (χ0v) is 20.1. The average Bonchev–Trinajstić information content (AvgIpc) is 3.43. The average molecular weight is 496 g/mol. The normalized spacial score (nSPS) is 32.2. The summed E-state index contributed by atoms with van der Waals surface area (Å²) >= 11 is 0. The van der Waals surface area contributed by atoms with Crippen LogP contribution in [0.25, 0.3) is 0 Å². The minimum atomic E-state index is -1.20. The smallest absolute Gasteiger partial charge is 0.259 e. The Bertz CT molecular complexity index is 952. The number of rotatable bonds is 4. The first-order chi connectivity index (χ1) is 16.8. The van der Waals surface area contributed by atoms with Crippen molar-refractivity contribution in [1.29, 1.82) is 0 Å². The molecular weight excluding hydrogens is 460 g/mol. The third-order valence-electron chi connectivity index (χ3n) is 7.68. The Balaban J connectivity index is 1.26. The van der Waals surface area contributed by atoms with E-state index >= 15 is 4.39 Å². The fourth-order valence-corrected chi connectivity index (χ4v) is 5.75. The van der Waals surface area contributed by atoms with Gasteiger partial charge in [-0.3, -0.25) is 14.5 Å². The number of halogens is 2. The molecule has 5 atom stereocenters. The molecule has 13 heteroatoms. The van der Waals surface area contributed by atoms with Crippen LogP contribution in [0.4, 0.5) is 20.4 Å². The number of carbonyl (C=O) groups is 2. The molecule has 1 aromatic heterocycles. The van der Waals surface area contributed by atoms with Crippen molar-refractivity contribution in [2.24, 2.45) is 5.92 Å². The van der Waals surface area contributed by atoms with Crippen LogP contribution < -0.4 is 21.7 Å². The number of hydrogen-bond donors (Lipinski definition) is 4. The largest absolute Gasteiger partial charge is 0.381 e. The van der Waals surface area contributed by atoms with E-state index in [1.807, 2.05) is 16.8 Å². The molecule has 5 rings (SSSR count). The van der Waals surface area contributed by atoms with Crippen LogP contribution in [-0.4, -0.2) is 127 Å². The molecule has 194 valence electrons. The Morgan fingerprint density at radius 3 is 2.63 bits per heavy atom. The summed E-state index contributed by atoms with van der Waals surface area (Å²) in [4.78, 5) is 32.4. The number of carbonyl (C=O) groups excluding carboxylic acids is 2. The quantitative estimate of drug-likeness (QED) is 0.408. The maximum Gasteiger partial charge on any atom is 0.259 e. The first kappa shape index (κ1) is 24.2. The summed E-state index contributed by atoms with van der Waals surface area (Å²) in [5.41, 5.74) is 6.14. The monoisotopic (exact) mass is 495 g/mol. The number of anilines is 2. The minimum absolute atomic E-state index is 0.00947. The van der Waals surface area contributed by atoms with Crippen molar-refractivity contribution in [2.45, 2.75) is 37.4 Å². The van der Waals surface area contributed by atoms with Crippen molar-refractivity contribution in [3.8, 4) is 0 Å². The Morgan fingerprint density at radius 2 is 1.86 bits per heavy atom. The van der Waals surface area contributed by atoms with Crippen molar-refractivity contribution in [3.63, 3.8) is 0 Å². The van der Waals surface area contributed by atoms with Gasteiger partial charge in [-0.1, -0.05) is 0 Å². The molecule has 0 aromatic carbocycles. The summed E-state index contributed by atoms with van der Waals surface area (Å²) < 4.78 is 30.3. The SMILES string of the molecule is CN1CCN(C(=O)C2CCN(C3C(F)CNCC3NC(=O)c3c(N)nn4c3NCC(F)C4)C2)CC1. The first-order valence-corrected chi connectivity index (χ1v) is 12.4. The van der Waals surface area contributed by atoms with E-state index in [4.69, 9.17) is 5.73 Å². The molecule has 0 bridgehead atoms. The van der Waals surface area contributed by atoms with E-state index in [9.17, 15) is 14.0 Å². The fourth-order valence-electron chi connectivity index (χ4n) is 5.75. The molecule has 0 radical (unpaired) electrons. The number of nitrogen functional groups attached to an aromatic ring is 1. The number of amides is 2. The number of fused-ring (bicyclic) bond motifs is 1. The highest BCUT2D eigenvalue weighted by Gasteiger charge is 2.44. The molecule has 5 unspecified atom stereocenters. The Morgan fingerprint density at radius 1 is 1.09 bits per heavy atom. The molecule has 4 aliphatic heterocycles. The van der Waals surface area contributed by atoms with Gasteiger partial charge in [0.1, 0.15) is 23.7 Å². The summed E-state index contributed by atoms with van der Waals surface area (Å²) in [6, 6.07) is -1.07. The van der Waals surface area contributed by atoms with Gasteiger partial charge in [0.05, 0.1) is 24.5 Å². The minimum Gasteiger partial charge on any atom is -0.381 e. The van der Waals surface area contributed by atoms with E-state index in [1.54, 1.807) is 0 Å². The van der Waals surface area contributed by atoms with E-state index in [-0.39, 0.29) is 42.8 Å². The number of nitrogens with zero attached hydrogens (tertiary/aromatic N) is 5. The predicted molar refractivity (Wildman–Crippen MR) is 127 cm³/mol. The summed E-state index contributed by atoms with van der Waals surface area (Å²) in [6.45, 7) is 4.93. The van der Waals surface area contributed by atoms with Crippen molar-refractivity contribution in [2.75, 3.05) is 77.0 Å². The lowest BCUT2D eigenvalue weighted by Gasteiger charge is -2.41. The van der Waals surface area contributed by atoms with Crippen LogP contribution in [0.3, 0.4) is 0 Å². The number of likely N-dealkylation sites (tertiary alicyclic amines) is 1. The second-order valence-electron chi connectivity index (χ2n) is 10.1. The highest BCUT2D eigenvalue weighted by Crippen LogP contribution is 2.29. The lowest BCUT2D eigenvalue weighted by molar-refractivity contribution is -0.136. The van der Waals surface area contributed by atoms with E-state index in [2.05, 4.69) is 25.9 Å². The topological polar surface area (TPSA) is 124 Å². The predicted octanol–water partition coefficient (Wildman–Crippen LogP) is -1.27. The van der Waals surface area contributed by atoms with Gasteiger partial charge in [-0.15, -0.1) is 0 Å². The lowest BCUT2D eigenvalue weighted by atomic mass is 9.96.